The molecular formula is C22H22N4OS. The molecule has 0 radical (unpaired) electrons. The number of rotatable bonds is 5. The van der Waals surface area contributed by atoms with Crippen LogP contribution in [0, 0.1) is 32.1 Å². The summed E-state index contributed by atoms with van der Waals surface area (Å²) in [5.41, 5.74) is 6.10. The van der Waals surface area contributed by atoms with Crippen LogP contribution in [0.4, 0.5) is 5.13 Å². The number of thiazole rings is 1. The number of aryl methyl sites for hydroxylation is 3. The molecule has 0 saturated heterocycles. The van der Waals surface area contributed by atoms with Gasteiger partial charge >= 0.3 is 0 Å². The lowest BCUT2D eigenvalue weighted by Crippen LogP contribution is -2.13. The Kier molecular flexibility index (Phi) is 5.76. The fraction of sp³-hybridized carbons (Fsp3) is 0.227. The molecule has 3 rings (SSSR count). The zero-order valence-electron chi connectivity index (χ0n) is 16.4. The summed E-state index contributed by atoms with van der Waals surface area (Å²) in [4.78, 5) is 16.7. The predicted octanol–water partition coefficient (Wildman–Crippen LogP) is 4.97. The summed E-state index contributed by atoms with van der Waals surface area (Å²) in [6, 6.07) is 12.4. The van der Waals surface area contributed by atoms with Gasteiger partial charge in [-0.25, -0.2) is 4.98 Å². The summed E-state index contributed by atoms with van der Waals surface area (Å²) in [7, 11) is 0. The number of aromatic nitrogens is 2. The third kappa shape index (κ3) is 4.05. The van der Waals surface area contributed by atoms with Gasteiger partial charge in [0.25, 0.3) is 5.91 Å². The lowest BCUT2D eigenvalue weighted by Gasteiger charge is -2.10. The summed E-state index contributed by atoms with van der Waals surface area (Å²) in [5.74, 6) is -0.450. The molecule has 0 atom stereocenters. The Balaban J connectivity index is 1.91. The van der Waals surface area contributed by atoms with E-state index in [1.807, 2.05) is 38.3 Å². The summed E-state index contributed by atoms with van der Waals surface area (Å²) >= 11 is 1.34. The molecule has 1 aromatic carbocycles. The minimum atomic E-state index is -0.450. The van der Waals surface area contributed by atoms with E-state index in [9.17, 15) is 10.1 Å². The number of hydrogen-bond donors (Lipinski definition) is 1. The number of anilines is 1. The second kappa shape index (κ2) is 8.24. The lowest BCUT2D eigenvalue weighted by atomic mass is 10.1. The minimum Gasteiger partial charge on any atom is -0.318 e. The highest BCUT2D eigenvalue weighted by Crippen LogP contribution is 2.24. The first-order valence-electron chi connectivity index (χ1n) is 9.06. The molecule has 3 aromatic rings. The van der Waals surface area contributed by atoms with Gasteiger partial charge in [0.15, 0.2) is 5.13 Å². The molecule has 0 aliphatic carbocycles. The molecule has 0 spiro atoms. The average Bonchev–Trinajstić information content (AvgIpc) is 3.21. The maximum absolute atomic E-state index is 12.5. The Morgan fingerprint density at radius 2 is 2.00 bits per heavy atom. The van der Waals surface area contributed by atoms with Crippen molar-refractivity contribution in [3.05, 3.63) is 69.5 Å². The van der Waals surface area contributed by atoms with Gasteiger partial charge in [-0.3, -0.25) is 10.1 Å². The van der Waals surface area contributed by atoms with E-state index in [2.05, 4.69) is 46.1 Å². The number of nitriles is 1. The Bertz CT molecular complexity index is 1080. The first-order valence-corrected chi connectivity index (χ1v) is 9.94. The fourth-order valence-corrected chi connectivity index (χ4v) is 3.77. The Hall–Kier alpha value is -3.17. The number of benzene rings is 1. The van der Waals surface area contributed by atoms with Crippen molar-refractivity contribution < 1.29 is 4.79 Å². The molecule has 28 heavy (non-hydrogen) atoms. The zero-order chi connectivity index (χ0) is 20.3. The van der Waals surface area contributed by atoms with E-state index < -0.39 is 5.91 Å². The van der Waals surface area contributed by atoms with Crippen molar-refractivity contribution in [2.75, 3.05) is 5.32 Å². The first kappa shape index (κ1) is 19.6. The fourth-order valence-electron chi connectivity index (χ4n) is 3.09. The summed E-state index contributed by atoms with van der Waals surface area (Å²) in [6.45, 7) is 7.99. The third-order valence-electron chi connectivity index (χ3n) is 4.58. The number of carbonyl (C=O) groups excluding carboxylic acids is 1. The third-order valence-corrected chi connectivity index (χ3v) is 5.45. The lowest BCUT2D eigenvalue weighted by molar-refractivity contribution is -0.112. The van der Waals surface area contributed by atoms with Crippen molar-refractivity contribution in [2.24, 2.45) is 0 Å². The second-order valence-electron chi connectivity index (χ2n) is 6.60. The largest absolute Gasteiger partial charge is 0.318 e. The van der Waals surface area contributed by atoms with Gasteiger partial charge in [-0.15, -0.1) is 11.3 Å². The van der Waals surface area contributed by atoms with E-state index in [1.165, 1.54) is 16.9 Å². The van der Waals surface area contributed by atoms with Crippen LogP contribution in [0.25, 0.3) is 11.8 Å². The van der Waals surface area contributed by atoms with Crippen LogP contribution >= 0.6 is 11.3 Å². The maximum Gasteiger partial charge on any atom is 0.268 e. The molecule has 1 amide bonds. The average molecular weight is 391 g/mol. The molecule has 0 fully saturated rings. The molecule has 0 unspecified atom stereocenters. The van der Waals surface area contributed by atoms with Gasteiger partial charge in [0.1, 0.15) is 11.6 Å². The van der Waals surface area contributed by atoms with E-state index in [-0.39, 0.29) is 5.57 Å². The van der Waals surface area contributed by atoms with Gasteiger partial charge in [0, 0.05) is 22.5 Å². The molecule has 0 saturated carbocycles. The topological polar surface area (TPSA) is 70.7 Å². The van der Waals surface area contributed by atoms with Gasteiger partial charge in [-0.1, -0.05) is 19.1 Å². The first-order chi connectivity index (χ1) is 13.4. The summed E-state index contributed by atoms with van der Waals surface area (Å²) < 4.78 is 2.13. The van der Waals surface area contributed by atoms with Crippen molar-refractivity contribution in [3.8, 4) is 11.8 Å². The Labute approximate surface area is 169 Å². The molecule has 0 aliphatic rings. The molecule has 0 bridgehead atoms. The van der Waals surface area contributed by atoms with Gasteiger partial charge in [-0.05, 0) is 62.6 Å². The van der Waals surface area contributed by atoms with Crippen LogP contribution in [0.1, 0.15) is 35.1 Å². The van der Waals surface area contributed by atoms with Gasteiger partial charge in [-0.2, -0.15) is 5.26 Å². The SMILES string of the molecule is CCc1ccc(-n2c(C)cc(C=C(C#N)C(=O)Nc3nc(C)cs3)c2C)cc1. The highest BCUT2D eigenvalue weighted by atomic mass is 32.1. The Morgan fingerprint density at radius 1 is 1.29 bits per heavy atom. The monoisotopic (exact) mass is 390 g/mol. The number of nitrogens with one attached hydrogen (secondary N) is 1. The van der Waals surface area contributed by atoms with E-state index >= 15 is 0 Å². The molecule has 6 heteroatoms. The van der Waals surface area contributed by atoms with Crippen LogP contribution in [-0.4, -0.2) is 15.5 Å². The number of hydrogen-bond acceptors (Lipinski definition) is 4. The molecule has 2 aromatic heterocycles. The van der Waals surface area contributed by atoms with E-state index in [4.69, 9.17) is 0 Å². The molecule has 0 aliphatic heterocycles. The molecular weight excluding hydrogens is 368 g/mol. The molecule has 142 valence electrons. The van der Waals surface area contributed by atoms with Gasteiger partial charge in [0.2, 0.25) is 0 Å². The van der Waals surface area contributed by atoms with Crippen molar-refractivity contribution in [1.82, 2.24) is 9.55 Å². The normalized spacial score (nSPS) is 11.3. The highest BCUT2D eigenvalue weighted by molar-refractivity contribution is 7.13. The van der Waals surface area contributed by atoms with Crippen molar-refractivity contribution in [3.63, 3.8) is 0 Å². The smallest absolute Gasteiger partial charge is 0.268 e. The van der Waals surface area contributed by atoms with E-state index in [0.29, 0.717) is 5.13 Å². The number of nitrogens with zero attached hydrogens (tertiary/aromatic N) is 3. The van der Waals surface area contributed by atoms with E-state index in [1.54, 1.807) is 6.08 Å². The van der Waals surface area contributed by atoms with Crippen LogP contribution in [0.2, 0.25) is 0 Å². The van der Waals surface area contributed by atoms with Crippen LogP contribution in [0.5, 0.6) is 0 Å². The highest BCUT2D eigenvalue weighted by Gasteiger charge is 2.15. The van der Waals surface area contributed by atoms with Crippen molar-refractivity contribution in [1.29, 1.82) is 5.26 Å². The quantitative estimate of drug-likeness (QED) is 0.494. The predicted molar refractivity (Wildman–Crippen MR) is 114 cm³/mol. The summed E-state index contributed by atoms with van der Waals surface area (Å²) in [5, 5.41) is 14.5. The molecule has 2 heterocycles. The standard InChI is InChI=1S/C22H22N4OS/c1-5-17-6-8-20(9-7-17)26-15(3)10-18(16(26)4)11-19(12-23)21(27)25-22-24-14(2)13-28-22/h6-11,13H,5H2,1-4H3,(H,24,25,27). The van der Waals surface area contributed by atoms with Crippen LogP contribution in [-0.2, 0) is 11.2 Å². The van der Waals surface area contributed by atoms with Crippen molar-refractivity contribution >= 4 is 28.5 Å². The van der Waals surface area contributed by atoms with Crippen LogP contribution < -0.4 is 5.32 Å². The zero-order valence-corrected chi connectivity index (χ0v) is 17.2. The van der Waals surface area contributed by atoms with Gasteiger partial charge < -0.3 is 4.57 Å². The van der Waals surface area contributed by atoms with Gasteiger partial charge in [0.05, 0.1) is 5.69 Å². The van der Waals surface area contributed by atoms with Crippen LogP contribution in [0.15, 0.2) is 41.3 Å². The summed E-state index contributed by atoms with van der Waals surface area (Å²) in [6.07, 6.45) is 2.63. The van der Waals surface area contributed by atoms with Crippen molar-refractivity contribution in [2.45, 2.75) is 34.1 Å². The van der Waals surface area contributed by atoms with Crippen LogP contribution in [0.3, 0.4) is 0 Å². The molecule has 1 N–H and O–H groups in total. The molecule has 5 nitrogen and oxygen atoms in total. The maximum atomic E-state index is 12.5. The number of carbonyl (C=O) groups is 1. The second-order valence-corrected chi connectivity index (χ2v) is 7.46. The number of amides is 1. The van der Waals surface area contributed by atoms with E-state index in [0.717, 1.165) is 34.8 Å². The Morgan fingerprint density at radius 3 is 2.57 bits per heavy atom. The minimum absolute atomic E-state index is 0.0504.